The molecule has 0 unspecified atom stereocenters. The Morgan fingerprint density at radius 3 is 2.36 bits per heavy atom. The monoisotopic (exact) mass is 458 g/mol. The normalized spacial score (nSPS) is 11.1. The average Bonchev–Trinajstić information content (AvgIpc) is 2.69. The van der Waals surface area contributed by atoms with Crippen molar-refractivity contribution in [2.75, 3.05) is 6.61 Å². The number of benzene rings is 1. The van der Waals surface area contributed by atoms with Crippen LogP contribution >= 0.6 is 0 Å². The molecule has 1 N–H and O–H groups in total. The molecule has 0 spiro atoms. The summed E-state index contributed by atoms with van der Waals surface area (Å²) in [6.45, 7) is 7.87. The number of aromatic carboxylic acids is 1. The molecule has 0 aliphatic rings. The molecule has 0 radical (unpaired) electrons. The topological polar surface area (TPSA) is 146 Å². The first-order chi connectivity index (χ1) is 15.3. The van der Waals surface area contributed by atoms with E-state index in [-0.39, 0.29) is 45.9 Å². The fourth-order valence-corrected chi connectivity index (χ4v) is 3.49. The SMILES string of the molecule is CC(=O)OCCCC(C)(C)OC(=O)c1c(C)nc(C)c(C(=O)O)c1-c1cccc([N+](=O)[O-])c1. The largest absolute Gasteiger partial charge is 0.478 e. The van der Waals surface area contributed by atoms with Crippen LogP contribution in [0, 0.1) is 24.0 Å². The Bertz CT molecular complexity index is 1110. The van der Waals surface area contributed by atoms with E-state index in [9.17, 15) is 29.6 Å². The van der Waals surface area contributed by atoms with E-state index in [1.165, 1.54) is 38.1 Å². The smallest absolute Gasteiger partial charge is 0.341 e. The maximum atomic E-state index is 13.2. The molecule has 0 aliphatic heterocycles. The Morgan fingerprint density at radius 1 is 1.15 bits per heavy atom. The zero-order valence-corrected chi connectivity index (χ0v) is 19.1. The van der Waals surface area contributed by atoms with E-state index < -0.39 is 28.4 Å². The van der Waals surface area contributed by atoms with Crippen LogP contribution in [0.5, 0.6) is 0 Å². The van der Waals surface area contributed by atoms with Crippen molar-refractivity contribution >= 4 is 23.6 Å². The highest BCUT2D eigenvalue weighted by atomic mass is 16.6. The number of aryl methyl sites for hydroxylation is 2. The number of carboxylic acids is 1. The number of hydrogen-bond acceptors (Lipinski definition) is 8. The van der Waals surface area contributed by atoms with Crippen LogP contribution in [-0.4, -0.2) is 45.1 Å². The zero-order chi connectivity index (χ0) is 24.9. The maximum absolute atomic E-state index is 13.2. The van der Waals surface area contributed by atoms with Crippen LogP contribution in [0.2, 0.25) is 0 Å². The highest BCUT2D eigenvalue weighted by Crippen LogP contribution is 2.34. The number of nitro groups is 1. The molecule has 2 rings (SSSR count). The number of aromatic nitrogens is 1. The van der Waals surface area contributed by atoms with Crippen LogP contribution in [-0.2, 0) is 14.3 Å². The lowest BCUT2D eigenvalue weighted by molar-refractivity contribution is -0.384. The van der Waals surface area contributed by atoms with Gasteiger partial charge < -0.3 is 14.6 Å². The molecule has 176 valence electrons. The predicted molar refractivity (Wildman–Crippen MR) is 118 cm³/mol. The molecule has 0 aliphatic carbocycles. The van der Waals surface area contributed by atoms with Gasteiger partial charge in [-0.2, -0.15) is 0 Å². The van der Waals surface area contributed by atoms with Crippen LogP contribution in [0.15, 0.2) is 24.3 Å². The van der Waals surface area contributed by atoms with E-state index in [1.54, 1.807) is 20.8 Å². The minimum atomic E-state index is -1.32. The lowest BCUT2D eigenvalue weighted by atomic mass is 9.92. The Hall–Kier alpha value is -3.82. The Labute approximate surface area is 190 Å². The molecule has 0 fully saturated rings. The predicted octanol–water partition coefficient (Wildman–Crippen LogP) is 4.25. The lowest BCUT2D eigenvalue weighted by Gasteiger charge is -2.26. The summed E-state index contributed by atoms with van der Waals surface area (Å²) in [7, 11) is 0. The summed E-state index contributed by atoms with van der Waals surface area (Å²) in [6.07, 6.45) is 0.825. The second-order valence-corrected chi connectivity index (χ2v) is 8.11. The van der Waals surface area contributed by atoms with E-state index in [0.717, 1.165) is 0 Å². The van der Waals surface area contributed by atoms with Gasteiger partial charge in [-0.05, 0) is 46.1 Å². The number of carbonyl (C=O) groups is 3. The van der Waals surface area contributed by atoms with Crippen LogP contribution in [0.3, 0.4) is 0 Å². The first-order valence-electron chi connectivity index (χ1n) is 10.2. The van der Waals surface area contributed by atoms with Gasteiger partial charge in [-0.25, -0.2) is 9.59 Å². The molecule has 0 bridgehead atoms. The molecule has 0 saturated carbocycles. The highest BCUT2D eigenvalue weighted by Gasteiger charge is 2.31. The molecule has 0 atom stereocenters. The molecule has 0 amide bonds. The van der Waals surface area contributed by atoms with Gasteiger partial charge in [-0.3, -0.25) is 19.9 Å². The van der Waals surface area contributed by atoms with Gasteiger partial charge in [0.05, 0.1) is 34.0 Å². The number of esters is 2. The van der Waals surface area contributed by atoms with Crippen molar-refractivity contribution in [3.63, 3.8) is 0 Å². The Balaban J connectivity index is 2.54. The Kier molecular flexibility index (Phi) is 7.86. The molecule has 1 heterocycles. The average molecular weight is 458 g/mol. The van der Waals surface area contributed by atoms with Gasteiger partial charge in [-0.1, -0.05) is 12.1 Å². The van der Waals surface area contributed by atoms with Gasteiger partial charge >= 0.3 is 17.9 Å². The molecular weight excluding hydrogens is 432 g/mol. The summed E-state index contributed by atoms with van der Waals surface area (Å²) >= 11 is 0. The molecule has 10 heteroatoms. The molecule has 1 aromatic heterocycles. The van der Waals surface area contributed by atoms with Crippen molar-refractivity contribution in [1.29, 1.82) is 0 Å². The van der Waals surface area contributed by atoms with Gasteiger partial charge in [-0.15, -0.1) is 0 Å². The molecule has 0 saturated heterocycles. The number of nitro benzene ring substituents is 1. The lowest BCUT2D eigenvalue weighted by Crippen LogP contribution is -2.30. The molecule has 1 aromatic carbocycles. The molecule has 2 aromatic rings. The maximum Gasteiger partial charge on any atom is 0.341 e. The number of hydrogen-bond donors (Lipinski definition) is 1. The number of rotatable bonds is 9. The molecule has 33 heavy (non-hydrogen) atoms. The summed E-state index contributed by atoms with van der Waals surface area (Å²) in [5.41, 5.74) is -0.920. The fourth-order valence-electron chi connectivity index (χ4n) is 3.49. The van der Waals surface area contributed by atoms with Gasteiger partial charge in [0.2, 0.25) is 0 Å². The van der Waals surface area contributed by atoms with Crippen molar-refractivity contribution in [3.8, 4) is 11.1 Å². The van der Waals surface area contributed by atoms with Crippen LogP contribution in [0.1, 0.15) is 65.7 Å². The van der Waals surface area contributed by atoms with Gasteiger partial charge in [0.15, 0.2) is 0 Å². The number of pyridine rings is 1. The number of non-ortho nitro benzene ring substituents is 1. The molecule has 10 nitrogen and oxygen atoms in total. The van der Waals surface area contributed by atoms with E-state index >= 15 is 0 Å². The van der Waals surface area contributed by atoms with E-state index in [0.29, 0.717) is 12.8 Å². The molecular formula is C23H26N2O8. The van der Waals surface area contributed by atoms with Gasteiger partial charge in [0.1, 0.15) is 5.60 Å². The minimum Gasteiger partial charge on any atom is -0.478 e. The van der Waals surface area contributed by atoms with E-state index in [4.69, 9.17) is 9.47 Å². The van der Waals surface area contributed by atoms with Crippen LogP contribution < -0.4 is 0 Å². The third-order valence-electron chi connectivity index (χ3n) is 4.92. The van der Waals surface area contributed by atoms with Crippen LogP contribution in [0.25, 0.3) is 11.1 Å². The van der Waals surface area contributed by atoms with Crippen LogP contribution in [0.4, 0.5) is 5.69 Å². The zero-order valence-electron chi connectivity index (χ0n) is 19.1. The van der Waals surface area contributed by atoms with Gasteiger partial charge in [0.25, 0.3) is 5.69 Å². The number of ether oxygens (including phenoxy) is 2. The highest BCUT2D eigenvalue weighted by molar-refractivity contribution is 6.06. The van der Waals surface area contributed by atoms with Crippen molar-refractivity contribution in [3.05, 3.63) is 56.9 Å². The Morgan fingerprint density at radius 2 is 1.79 bits per heavy atom. The van der Waals surface area contributed by atoms with Crippen molar-refractivity contribution in [2.45, 2.75) is 53.1 Å². The van der Waals surface area contributed by atoms with Crippen molar-refractivity contribution < 1.29 is 33.9 Å². The van der Waals surface area contributed by atoms with E-state index in [2.05, 4.69) is 4.98 Å². The fraction of sp³-hybridized carbons (Fsp3) is 0.391. The quantitative estimate of drug-likeness (QED) is 0.252. The number of carboxylic acid groups (broad SMARTS) is 1. The summed E-state index contributed by atoms with van der Waals surface area (Å²) in [6, 6.07) is 5.39. The first kappa shape index (κ1) is 25.4. The summed E-state index contributed by atoms with van der Waals surface area (Å²) in [5.74, 6) is -2.54. The summed E-state index contributed by atoms with van der Waals surface area (Å²) in [4.78, 5) is 51.1. The second-order valence-electron chi connectivity index (χ2n) is 8.11. The summed E-state index contributed by atoms with van der Waals surface area (Å²) in [5, 5.41) is 21.1. The third kappa shape index (κ3) is 6.34. The van der Waals surface area contributed by atoms with Crippen molar-refractivity contribution in [1.82, 2.24) is 4.98 Å². The first-order valence-corrected chi connectivity index (χ1v) is 10.2. The standard InChI is InChI=1S/C23H26N2O8/c1-13-18(21(27)28)20(16-8-6-9-17(12-16)25(30)31)19(14(2)24-13)22(29)33-23(4,5)10-7-11-32-15(3)26/h6,8-9,12H,7,10-11H2,1-5H3,(H,27,28). The van der Waals surface area contributed by atoms with E-state index in [1.807, 2.05) is 0 Å². The minimum absolute atomic E-state index is 0.0110. The third-order valence-corrected chi connectivity index (χ3v) is 4.92. The number of carbonyl (C=O) groups excluding carboxylic acids is 2. The number of nitrogens with zero attached hydrogens (tertiary/aromatic N) is 2. The summed E-state index contributed by atoms with van der Waals surface area (Å²) < 4.78 is 10.6. The second kappa shape index (κ2) is 10.2. The van der Waals surface area contributed by atoms with Gasteiger partial charge in [0, 0.05) is 24.6 Å². The van der Waals surface area contributed by atoms with Crippen molar-refractivity contribution in [2.24, 2.45) is 0 Å².